The molecule has 0 bridgehead atoms. The number of hydrogen-bond donors (Lipinski definition) is 2. The van der Waals surface area contributed by atoms with Crippen LogP contribution in [0.3, 0.4) is 0 Å². The van der Waals surface area contributed by atoms with Gasteiger partial charge in [0, 0.05) is 43.3 Å². The van der Waals surface area contributed by atoms with Crippen molar-refractivity contribution < 1.29 is 0 Å². The van der Waals surface area contributed by atoms with Gasteiger partial charge in [0.05, 0.1) is 11.4 Å². The van der Waals surface area contributed by atoms with Crippen LogP contribution in [-0.4, -0.2) is 50.0 Å². The number of nitrogens with zero attached hydrogens (tertiary/aromatic N) is 6. The van der Waals surface area contributed by atoms with Gasteiger partial charge in [0.1, 0.15) is 17.1 Å². The number of H-pyrrole nitrogens is 2. The highest BCUT2D eigenvalue weighted by Crippen LogP contribution is 2.31. The van der Waals surface area contributed by atoms with Crippen molar-refractivity contribution in [3.63, 3.8) is 0 Å². The first kappa shape index (κ1) is 21.1. The highest BCUT2D eigenvalue weighted by Gasteiger charge is 2.24. The van der Waals surface area contributed by atoms with Gasteiger partial charge in [0.2, 0.25) is 5.95 Å². The van der Waals surface area contributed by atoms with E-state index in [1.165, 1.54) is 5.57 Å². The largest absolute Gasteiger partial charge is 0.327 e. The maximum atomic E-state index is 4.97. The summed E-state index contributed by atoms with van der Waals surface area (Å²) in [5.41, 5.74) is 7.78. The molecule has 1 aromatic rings. The van der Waals surface area contributed by atoms with E-state index < -0.39 is 0 Å². The van der Waals surface area contributed by atoms with Gasteiger partial charge in [-0.1, -0.05) is 11.6 Å². The maximum Gasteiger partial charge on any atom is 0.218 e. The van der Waals surface area contributed by atoms with E-state index in [1.54, 1.807) is 0 Å². The Hall–Kier alpha value is -4.46. The molecule has 0 saturated heterocycles. The standard InChI is InChI=1S/C27H26N8/c1-17-9-11-19(21(15-17)28-2)25-30-23-7-6-8-24-31-26(33-27(32-25)35(23)24)20-12-10-18(16-22(20)29-3)34-13-4-5-14-34/h4-8,10,12-16,31H,9,11H2,1-3H3,(H,32,33)/b25-19+,26-20-,28-21?,29-22?. The first-order valence-electron chi connectivity index (χ1n) is 11.7. The number of nitrogens with one attached hydrogen (secondary N) is 2. The van der Waals surface area contributed by atoms with Crippen LogP contribution in [0.15, 0.2) is 82.6 Å². The molecule has 0 saturated carbocycles. The second-order valence-electron chi connectivity index (χ2n) is 8.69. The van der Waals surface area contributed by atoms with Crippen molar-refractivity contribution in [3.8, 4) is 0 Å². The Morgan fingerprint density at radius 1 is 0.886 bits per heavy atom. The summed E-state index contributed by atoms with van der Waals surface area (Å²) in [6.07, 6.45) is 14.3. The third-order valence-electron chi connectivity index (χ3n) is 6.47. The van der Waals surface area contributed by atoms with Crippen LogP contribution in [0, 0.1) is 0 Å². The molecule has 0 amide bonds. The minimum absolute atomic E-state index is 0.707. The Labute approximate surface area is 202 Å². The molecule has 0 aromatic carbocycles. The van der Waals surface area contributed by atoms with Gasteiger partial charge in [-0.25, -0.2) is 9.88 Å². The van der Waals surface area contributed by atoms with Crippen LogP contribution >= 0.6 is 0 Å². The van der Waals surface area contributed by atoms with E-state index in [9.17, 15) is 0 Å². The van der Waals surface area contributed by atoms with Crippen LogP contribution in [0.1, 0.15) is 19.8 Å². The SMILES string of the molecule is CN=C1C=C(n2cccc2)C=C/C1=c1\[nH]c2cccc3n/c(=C4/CCC(C)=CC4=NC)nc([nH]1)N32. The zero-order chi connectivity index (χ0) is 23.9. The molecule has 0 radical (unpaired) electrons. The van der Waals surface area contributed by atoms with Crippen LogP contribution in [-0.2, 0) is 0 Å². The highest BCUT2D eigenvalue weighted by atomic mass is 15.4. The van der Waals surface area contributed by atoms with Crippen LogP contribution in [0.2, 0.25) is 0 Å². The smallest absolute Gasteiger partial charge is 0.218 e. The summed E-state index contributed by atoms with van der Waals surface area (Å²) in [5.74, 6) is 2.42. The predicted molar refractivity (Wildman–Crippen MR) is 141 cm³/mol. The minimum atomic E-state index is 0.707. The Morgan fingerprint density at radius 3 is 2.51 bits per heavy atom. The van der Waals surface area contributed by atoms with Gasteiger partial charge in [0.15, 0.2) is 5.48 Å². The number of aromatic amines is 2. The molecule has 0 fully saturated rings. The van der Waals surface area contributed by atoms with E-state index in [2.05, 4.69) is 55.7 Å². The monoisotopic (exact) mass is 462 g/mol. The molecule has 8 heteroatoms. The van der Waals surface area contributed by atoms with Crippen LogP contribution in [0.5, 0.6) is 0 Å². The lowest BCUT2D eigenvalue weighted by molar-refractivity contribution is 0.882. The molecule has 4 heterocycles. The summed E-state index contributed by atoms with van der Waals surface area (Å²) in [6, 6.07) is 10.1. The van der Waals surface area contributed by atoms with Crippen molar-refractivity contribution in [2.75, 3.05) is 19.0 Å². The fourth-order valence-electron chi connectivity index (χ4n) is 4.67. The lowest BCUT2D eigenvalue weighted by Crippen LogP contribution is -2.35. The summed E-state index contributed by atoms with van der Waals surface area (Å²) < 4.78 is 2.07. The molecule has 6 rings (SSSR count). The summed E-state index contributed by atoms with van der Waals surface area (Å²) in [5, 5.41) is 0. The molecule has 35 heavy (non-hydrogen) atoms. The molecule has 8 nitrogen and oxygen atoms in total. The lowest BCUT2D eigenvalue weighted by atomic mass is 9.94. The van der Waals surface area contributed by atoms with Gasteiger partial charge < -0.3 is 14.5 Å². The van der Waals surface area contributed by atoms with Gasteiger partial charge in [-0.2, -0.15) is 4.98 Å². The van der Waals surface area contributed by atoms with Crippen molar-refractivity contribution >= 4 is 45.9 Å². The van der Waals surface area contributed by atoms with Crippen LogP contribution in [0.25, 0.3) is 16.8 Å². The number of hydrogen-bond acceptors (Lipinski definition) is 5. The fourth-order valence-corrected chi connectivity index (χ4v) is 4.67. The Bertz CT molecular complexity index is 1620. The van der Waals surface area contributed by atoms with Gasteiger partial charge in [-0.15, -0.1) is 0 Å². The van der Waals surface area contributed by atoms with E-state index in [1.807, 2.05) is 61.7 Å². The third-order valence-corrected chi connectivity index (χ3v) is 6.47. The number of allylic oxidation sites excluding steroid dienone is 6. The molecule has 2 aliphatic carbocycles. The first-order valence-corrected chi connectivity index (χ1v) is 11.7. The Balaban J connectivity index is 1.58. The second kappa shape index (κ2) is 8.39. The molecule has 0 spiro atoms. The van der Waals surface area contributed by atoms with E-state index in [0.29, 0.717) is 11.4 Å². The summed E-state index contributed by atoms with van der Waals surface area (Å²) >= 11 is 0. The molecule has 0 atom stereocenters. The molecule has 3 aliphatic heterocycles. The molecule has 1 aromatic heterocycles. The van der Waals surface area contributed by atoms with Crippen LogP contribution < -0.4 is 15.9 Å². The quantitative estimate of drug-likeness (QED) is 0.453. The van der Waals surface area contributed by atoms with Crippen molar-refractivity contribution in [2.24, 2.45) is 9.98 Å². The zero-order valence-electron chi connectivity index (χ0n) is 19.9. The minimum Gasteiger partial charge on any atom is -0.327 e. The first-order chi connectivity index (χ1) is 17.1. The Morgan fingerprint density at radius 2 is 1.71 bits per heavy atom. The molecule has 0 unspecified atom stereocenters. The highest BCUT2D eigenvalue weighted by molar-refractivity contribution is 6.30. The maximum absolute atomic E-state index is 4.97. The molecule has 174 valence electrons. The summed E-state index contributed by atoms with van der Waals surface area (Å²) in [6.45, 7) is 2.14. The van der Waals surface area contributed by atoms with Gasteiger partial charge in [-0.05, 0) is 68.3 Å². The Kier molecular flexibility index (Phi) is 5.06. The van der Waals surface area contributed by atoms with Gasteiger partial charge in [0.25, 0.3) is 0 Å². The number of anilines is 3. The molecular formula is C27H26N8. The topological polar surface area (TPSA) is 90.2 Å². The van der Waals surface area contributed by atoms with E-state index in [0.717, 1.165) is 58.2 Å². The van der Waals surface area contributed by atoms with Crippen molar-refractivity contribution in [1.29, 1.82) is 0 Å². The van der Waals surface area contributed by atoms with E-state index in [4.69, 9.17) is 9.97 Å². The van der Waals surface area contributed by atoms with Gasteiger partial charge >= 0.3 is 0 Å². The normalized spacial score (nSPS) is 22.3. The summed E-state index contributed by atoms with van der Waals surface area (Å²) in [7, 11) is 3.63. The van der Waals surface area contributed by atoms with Crippen LogP contribution in [0.4, 0.5) is 17.6 Å². The van der Waals surface area contributed by atoms with Gasteiger partial charge in [-0.3, -0.25) is 9.98 Å². The van der Waals surface area contributed by atoms with E-state index >= 15 is 0 Å². The lowest BCUT2D eigenvalue weighted by Gasteiger charge is -2.27. The number of rotatable bonds is 1. The van der Waals surface area contributed by atoms with E-state index in [-0.39, 0.29) is 0 Å². The third kappa shape index (κ3) is 3.63. The van der Waals surface area contributed by atoms with Crippen molar-refractivity contribution in [1.82, 2.24) is 24.5 Å². The zero-order valence-corrected chi connectivity index (χ0v) is 19.9. The summed E-state index contributed by atoms with van der Waals surface area (Å²) in [4.78, 5) is 27.9. The average Bonchev–Trinajstić information content (AvgIpc) is 3.43. The molecule has 5 aliphatic rings. The molecular weight excluding hydrogens is 436 g/mol. The van der Waals surface area contributed by atoms with Crippen molar-refractivity contribution in [3.05, 3.63) is 83.6 Å². The number of aliphatic imine (C=N–C) groups is 2. The number of aromatic nitrogens is 5. The average molecular weight is 463 g/mol. The van der Waals surface area contributed by atoms with Crippen molar-refractivity contribution in [2.45, 2.75) is 19.8 Å². The fraction of sp³-hybridized carbons (Fsp3) is 0.185. The predicted octanol–water partition coefficient (Wildman–Crippen LogP) is 3.57. The molecule has 2 N–H and O–H groups in total. The second-order valence-corrected chi connectivity index (χ2v) is 8.69.